The summed E-state index contributed by atoms with van der Waals surface area (Å²) in [6.07, 6.45) is 5.86. The third-order valence-corrected chi connectivity index (χ3v) is 5.30. The Balaban J connectivity index is 1.36. The Labute approximate surface area is 150 Å². The number of rotatable bonds is 2. The lowest BCUT2D eigenvalue weighted by molar-refractivity contribution is 0.490. The van der Waals surface area contributed by atoms with E-state index in [1.807, 2.05) is 42.7 Å². The molecule has 6 heteroatoms. The molecule has 4 heterocycles. The lowest BCUT2D eigenvalue weighted by Crippen LogP contribution is -2.33. The van der Waals surface area contributed by atoms with Crippen LogP contribution in [0.1, 0.15) is 30.1 Å². The molecule has 0 atom stereocenters. The SMILES string of the molecule is N#Cc1ccc(N2CCC(c3nc4cnc5[nH]ccc5c4[nH]3)CC2)cc1. The van der Waals surface area contributed by atoms with Crippen molar-refractivity contribution in [2.45, 2.75) is 18.8 Å². The molecule has 0 bridgehead atoms. The predicted octanol–water partition coefficient (Wildman–Crippen LogP) is 3.69. The van der Waals surface area contributed by atoms with E-state index in [-0.39, 0.29) is 0 Å². The minimum Gasteiger partial charge on any atom is -0.371 e. The fourth-order valence-electron chi connectivity index (χ4n) is 3.85. The third-order valence-electron chi connectivity index (χ3n) is 5.30. The number of nitrogens with zero attached hydrogens (tertiary/aromatic N) is 4. The third kappa shape index (κ3) is 2.40. The minimum absolute atomic E-state index is 0.436. The van der Waals surface area contributed by atoms with Crippen molar-refractivity contribution in [3.8, 4) is 6.07 Å². The van der Waals surface area contributed by atoms with Crippen molar-refractivity contribution in [1.82, 2.24) is 19.9 Å². The van der Waals surface area contributed by atoms with Gasteiger partial charge in [-0.25, -0.2) is 9.97 Å². The monoisotopic (exact) mass is 342 g/mol. The number of aromatic amines is 2. The first kappa shape index (κ1) is 15.0. The van der Waals surface area contributed by atoms with Crippen LogP contribution in [0.3, 0.4) is 0 Å². The number of hydrogen-bond donors (Lipinski definition) is 2. The normalized spacial score (nSPS) is 15.6. The van der Waals surface area contributed by atoms with E-state index >= 15 is 0 Å². The maximum Gasteiger partial charge on any atom is 0.139 e. The van der Waals surface area contributed by atoms with Crippen molar-refractivity contribution in [1.29, 1.82) is 5.26 Å². The molecule has 2 N–H and O–H groups in total. The van der Waals surface area contributed by atoms with Crippen LogP contribution in [-0.4, -0.2) is 33.0 Å². The van der Waals surface area contributed by atoms with Crippen molar-refractivity contribution in [2.75, 3.05) is 18.0 Å². The first-order valence-corrected chi connectivity index (χ1v) is 8.88. The highest BCUT2D eigenvalue weighted by molar-refractivity contribution is 6.00. The summed E-state index contributed by atoms with van der Waals surface area (Å²) < 4.78 is 0. The van der Waals surface area contributed by atoms with Gasteiger partial charge in [0.1, 0.15) is 17.0 Å². The number of aromatic nitrogens is 4. The Morgan fingerprint density at radius 1 is 1.12 bits per heavy atom. The van der Waals surface area contributed by atoms with Crippen molar-refractivity contribution in [2.24, 2.45) is 0 Å². The number of imidazole rings is 1. The van der Waals surface area contributed by atoms with Crippen LogP contribution in [0.4, 0.5) is 5.69 Å². The molecular formula is C20H18N6. The summed E-state index contributed by atoms with van der Waals surface area (Å²) in [4.78, 5) is 18.3. The molecule has 0 saturated carbocycles. The number of hydrogen-bond acceptors (Lipinski definition) is 4. The van der Waals surface area contributed by atoms with Crippen molar-refractivity contribution in [3.05, 3.63) is 54.1 Å². The lowest BCUT2D eigenvalue weighted by Gasteiger charge is -2.32. The molecule has 1 aliphatic heterocycles. The Hall–Kier alpha value is -3.33. The van der Waals surface area contributed by atoms with E-state index in [1.54, 1.807) is 0 Å². The van der Waals surface area contributed by atoms with E-state index in [0.29, 0.717) is 11.5 Å². The highest BCUT2D eigenvalue weighted by Gasteiger charge is 2.23. The van der Waals surface area contributed by atoms with Gasteiger partial charge in [-0.1, -0.05) is 0 Å². The van der Waals surface area contributed by atoms with Gasteiger partial charge >= 0.3 is 0 Å². The Bertz CT molecular complexity index is 1110. The van der Waals surface area contributed by atoms with Crippen LogP contribution in [0.5, 0.6) is 0 Å². The standard InChI is InChI=1S/C20H18N6/c21-11-13-1-3-15(4-2-13)26-9-6-14(7-10-26)19-24-17-12-23-20-16(5-8-22-20)18(17)25-19/h1-5,8,12,14H,6-7,9-10H2,(H,22,23)(H,24,25). The fourth-order valence-corrected chi connectivity index (χ4v) is 3.85. The molecule has 1 aromatic carbocycles. The lowest BCUT2D eigenvalue weighted by atomic mass is 9.95. The summed E-state index contributed by atoms with van der Waals surface area (Å²) in [5.74, 6) is 1.50. The molecule has 4 aromatic rings. The van der Waals surface area contributed by atoms with Gasteiger partial charge < -0.3 is 14.9 Å². The summed E-state index contributed by atoms with van der Waals surface area (Å²) in [6, 6.07) is 12.1. The highest BCUT2D eigenvalue weighted by atomic mass is 15.1. The molecule has 6 nitrogen and oxygen atoms in total. The number of pyridine rings is 1. The summed E-state index contributed by atoms with van der Waals surface area (Å²) in [7, 11) is 0. The van der Waals surface area contributed by atoms with Gasteiger partial charge in [0.2, 0.25) is 0 Å². The van der Waals surface area contributed by atoms with Gasteiger partial charge in [0.05, 0.1) is 23.3 Å². The van der Waals surface area contributed by atoms with Gasteiger partial charge in [0.15, 0.2) is 0 Å². The van der Waals surface area contributed by atoms with Gasteiger partial charge in [-0.15, -0.1) is 0 Å². The van der Waals surface area contributed by atoms with Crippen LogP contribution < -0.4 is 4.90 Å². The zero-order valence-electron chi connectivity index (χ0n) is 14.2. The Morgan fingerprint density at radius 3 is 2.69 bits per heavy atom. The van der Waals surface area contributed by atoms with Crippen molar-refractivity contribution >= 4 is 27.8 Å². The number of nitriles is 1. The van der Waals surface area contributed by atoms with Crippen LogP contribution in [-0.2, 0) is 0 Å². The summed E-state index contributed by atoms with van der Waals surface area (Å²) in [5.41, 5.74) is 4.78. The van der Waals surface area contributed by atoms with Gasteiger partial charge in [-0.2, -0.15) is 5.26 Å². The van der Waals surface area contributed by atoms with Crippen LogP contribution in [0.2, 0.25) is 0 Å². The molecule has 0 unspecified atom stereocenters. The second kappa shape index (κ2) is 5.88. The Morgan fingerprint density at radius 2 is 1.92 bits per heavy atom. The molecule has 5 rings (SSSR count). The van der Waals surface area contributed by atoms with Gasteiger partial charge in [-0.3, -0.25) is 0 Å². The molecule has 0 radical (unpaired) electrons. The summed E-state index contributed by atoms with van der Waals surface area (Å²) in [6.45, 7) is 1.98. The number of piperidine rings is 1. The molecule has 0 spiro atoms. The second-order valence-electron chi connectivity index (χ2n) is 6.80. The molecular weight excluding hydrogens is 324 g/mol. The summed E-state index contributed by atoms with van der Waals surface area (Å²) >= 11 is 0. The zero-order chi connectivity index (χ0) is 17.5. The number of fused-ring (bicyclic) bond motifs is 3. The Kier molecular flexibility index (Phi) is 3.39. The van der Waals surface area contributed by atoms with E-state index in [4.69, 9.17) is 10.2 Å². The van der Waals surface area contributed by atoms with Gasteiger partial charge in [0.25, 0.3) is 0 Å². The second-order valence-corrected chi connectivity index (χ2v) is 6.80. The van der Waals surface area contributed by atoms with E-state index in [2.05, 4.69) is 25.9 Å². The van der Waals surface area contributed by atoms with Crippen LogP contribution >= 0.6 is 0 Å². The average Bonchev–Trinajstić information content (AvgIpc) is 3.34. The number of H-pyrrole nitrogens is 2. The fraction of sp³-hybridized carbons (Fsp3) is 0.250. The molecule has 3 aromatic heterocycles. The van der Waals surface area contributed by atoms with Gasteiger partial charge in [0, 0.05) is 36.3 Å². The van der Waals surface area contributed by atoms with E-state index in [9.17, 15) is 0 Å². The summed E-state index contributed by atoms with van der Waals surface area (Å²) in [5, 5.41) is 10.0. The smallest absolute Gasteiger partial charge is 0.139 e. The molecule has 0 amide bonds. The first-order valence-electron chi connectivity index (χ1n) is 8.88. The molecule has 1 aliphatic rings. The molecule has 26 heavy (non-hydrogen) atoms. The zero-order valence-corrected chi connectivity index (χ0v) is 14.2. The molecule has 0 aliphatic carbocycles. The van der Waals surface area contributed by atoms with E-state index < -0.39 is 0 Å². The minimum atomic E-state index is 0.436. The predicted molar refractivity (Wildman–Crippen MR) is 101 cm³/mol. The van der Waals surface area contributed by atoms with Crippen LogP contribution in [0, 0.1) is 11.3 Å². The molecule has 128 valence electrons. The highest BCUT2D eigenvalue weighted by Crippen LogP contribution is 2.31. The average molecular weight is 342 g/mol. The largest absolute Gasteiger partial charge is 0.371 e. The molecule has 1 saturated heterocycles. The van der Waals surface area contributed by atoms with E-state index in [1.165, 1.54) is 5.69 Å². The van der Waals surface area contributed by atoms with Gasteiger partial charge in [-0.05, 0) is 43.2 Å². The van der Waals surface area contributed by atoms with Crippen molar-refractivity contribution in [3.63, 3.8) is 0 Å². The first-order chi connectivity index (χ1) is 12.8. The quantitative estimate of drug-likeness (QED) is 0.582. The van der Waals surface area contributed by atoms with Crippen LogP contribution in [0.25, 0.3) is 22.1 Å². The van der Waals surface area contributed by atoms with Crippen LogP contribution in [0.15, 0.2) is 42.7 Å². The van der Waals surface area contributed by atoms with Crippen molar-refractivity contribution < 1.29 is 0 Å². The molecule has 1 fully saturated rings. The number of nitrogens with one attached hydrogen (secondary N) is 2. The maximum absolute atomic E-state index is 8.93. The maximum atomic E-state index is 8.93. The van der Waals surface area contributed by atoms with E-state index in [0.717, 1.165) is 53.8 Å². The number of benzene rings is 1. The number of anilines is 1. The topological polar surface area (TPSA) is 84.4 Å².